The first-order chi connectivity index (χ1) is 11.3. The van der Waals surface area contributed by atoms with Crippen molar-refractivity contribution in [3.8, 4) is 0 Å². The highest BCUT2D eigenvalue weighted by atomic mass is 127. The maximum atomic E-state index is 12.8. The molecule has 0 aliphatic heterocycles. The molecule has 25 heavy (non-hydrogen) atoms. The largest absolute Gasteiger partial charge is 0.444 e. The van der Waals surface area contributed by atoms with Crippen molar-refractivity contribution in [2.75, 3.05) is 20.1 Å². The second-order valence-electron chi connectivity index (χ2n) is 6.26. The number of alkyl carbamates (subject to hydrolysis) is 1. The van der Waals surface area contributed by atoms with Gasteiger partial charge >= 0.3 is 6.09 Å². The summed E-state index contributed by atoms with van der Waals surface area (Å²) in [6.07, 6.45) is 0.317. The first kappa shape index (κ1) is 23.4. The first-order valence-electron chi connectivity index (χ1n) is 7.96. The Hall–Kier alpha value is -1.58. The molecule has 0 aliphatic rings. The standard InChI is InChI=1S/C17H27FN4O2.HI/c1-17(2,3)24-16(23)21-11-5-10-20-15(19-4)22-12-13-6-8-14(18)9-7-13;/h6-9H,5,10-12H2,1-4H3,(H,21,23)(H2,19,20,22);1H. The number of carbonyl (C=O) groups is 1. The highest BCUT2D eigenvalue weighted by molar-refractivity contribution is 14.0. The average Bonchev–Trinajstić information content (AvgIpc) is 2.50. The zero-order chi connectivity index (χ0) is 18.0. The third-order valence-electron chi connectivity index (χ3n) is 2.91. The van der Waals surface area contributed by atoms with Crippen molar-refractivity contribution in [3.63, 3.8) is 0 Å². The van der Waals surface area contributed by atoms with Gasteiger partial charge in [0.05, 0.1) is 0 Å². The molecule has 0 heterocycles. The molecule has 1 rings (SSSR count). The summed E-state index contributed by atoms with van der Waals surface area (Å²) in [6, 6.07) is 6.30. The highest BCUT2D eigenvalue weighted by Crippen LogP contribution is 2.06. The lowest BCUT2D eigenvalue weighted by Crippen LogP contribution is -2.39. The van der Waals surface area contributed by atoms with Crippen LogP contribution in [0.3, 0.4) is 0 Å². The van der Waals surface area contributed by atoms with E-state index in [0.29, 0.717) is 25.6 Å². The lowest BCUT2D eigenvalue weighted by atomic mass is 10.2. The summed E-state index contributed by atoms with van der Waals surface area (Å²) >= 11 is 0. The van der Waals surface area contributed by atoms with Crippen molar-refractivity contribution in [3.05, 3.63) is 35.6 Å². The molecule has 0 radical (unpaired) electrons. The van der Waals surface area contributed by atoms with Crippen LogP contribution in [0.1, 0.15) is 32.8 Å². The van der Waals surface area contributed by atoms with Crippen LogP contribution in [0.2, 0.25) is 0 Å². The van der Waals surface area contributed by atoms with E-state index in [1.165, 1.54) is 12.1 Å². The van der Waals surface area contributed by atoms with Crippen LogP contribution in [0.25, 0.3) is 0 Å². The van der Waals surface area contributed by atoms with E-state index in [-0.39, 0.29) is 29.8 Å². The number of hydrogen-bond donors (Lipinski definition) is 3. The van der Waals surface area contributed by atoms with E-state index in [1.54, 1.807) is 19.2 Å². The van der Waals surface area contributed by atoms with Gasteiger partial charge in [-0.05, 0) is 44.9 Å². The number of amides is 1. The maximum absolute atomic E-state index is 12.8. The molecule has 0 aliphatic carbocycles. The van der Waals surface area contributed by atoms with Crippen LogP contribution in [0.15, 0.2) is 29.3 Å². The SMILES string of the molecule is CN=C(NCCCNC(=O)OC(C)(C)C)NCc1ccc(F)cc1.I. The smallest absolute Gasteiger partial charge is 0.407 e. The summed E-state index contributed by atoms with van der Waals surface area (Å²) in [4.78, 5) is 15.6. The fourth-order valence-corrected chi connectivity index (χ4v) is 1.81. The van der Waals surface area contributed by atoms with Gasteiger partial charge in [-0.1, -0.05) is 12.1 Å². The predicted octanol–water partition coefficient (Wildman–Crippen LogP) is 3.02. The van der Waals surface area contributed by atoms with E-state index in [4.69, 9.17) is 4.74 Å². The van der Waals surface area contributed by atoms with E-state index in [0.717, 1.165) is 12.0 Å². The summed E-state index contributed by atoms with van der Waals surface area (Å²) in [6.45, 7) is 7.19. The highest BCUT2D eigenvalue weighted by Gasteiger charge is 2.15. The second-order valence-corrected chi connectivity index (χ2v) is 6.26. The Kier molecular flexibility index (Phi) is 11.1. The lowest BCUT2D eigenvalue weighted by molar-refractivity contribution is 0.0527. The average molecular weight is 466 g/mol. The first-order valence-corrected chi connectivity index (χ1v) is 7.96. The van der Waals surface area contributed by atoms with Gasteiger partial charge in [0.25, 0.3) is 0 Å². The Balaban J connectivity index is 0.00000576. The van der Waals surface area contributed by atoms with Crippen molar-refractivity contribution in [1.29, 1.82) is 0 Å². The van der Waals surface area contributed by atoms with Crippen LogP contribution in [-0.2, 0) is 11.3 Å². The molecular weight excluding hydrogens is 438 g/mol. The summed E-state index contributed by atoms with van der Waals surface area (Å²) in [5, 5.41) is 8.98. The van der Waals surface area contributed by atoms with Crippen molar-refractivity contribution in [2.24, 2.45) is 4.99 Å². The van der Waals surface area contributed by atoms with Crippen LogP contribution >= 0.6 is 24.0 Å². The maximum Gasteiger partial charge on any atom is 0.407 e. The number of guanidine groups is 1. The van der Waals surface area contributed by atoms with E-state index in [2.05, 4.69) is 20.9 Å². The fourth-order valence-electron chi connectivity index (χ4n) is 1.81. The fraction of sp³-hybridized carbons (Fsp3) is 0.529. The molecule has 0 bridgehead atoms. The van der Waals surface area contributed by atoms with Gasteiger partial charge in [0.1, 0.15) is 11.4 Å². The van der Waals surface area contributed by atoms with Gasteiger partial charge in [-0.2, -0.15) is 0 Å². The Morgan fingerprint density at radius 1 is 1.12 bits per heavy atom. The molecule has 142 valence electrons. The van der Waals surface area contributed by atoms with Crippen molar-refractivity contribution >= 4 is 36.0 Å². The zero-order valence-electron chi connectivity index (χ0n) is 15.2. The number of halogens is 2. The molecule has 6 nitrogen and oxygen atoms in total. The van der Waals surface area contributed by atoms with Gasteiger partial charge in [-0.3, -0.25) is 4.99 Å². The molecule has 0 saturated carbocycles. The van der Waals surface area contributed by atoms with Gasteiger partial charge in [-0.15, -0.1) is 24.0 Å². The Morgan fingerprint density at radius 2 is 1.72 bits per heavy atom. The van der Waals surface area contributed by atoms with Gasteiger partial charge in [0.15, 0.2) is 5.96 Å². The Labute approximate surface area is 166 Å². The number of aliphatic imine (C=N–C) groups is 1. The Morgan fingerprint density at radius 3 is 2.28 bits per heavy atom. The topological polar surface area (TPSA) is 74.8 Å². The molecule has 0 atom stereocenters. The summed E-state index contributed by atoms with van der Waals surface area (Å²) in [5.74, 6) is 0.398. The number of nitrogens with zero attached hydrogens (tertiary/aromatic N) is 1. The third kappa shape index (κ3) is 11.6. The van der Waals surface area contributed by atoms with E-state index < -0.39 is 11.7 Å². The van der Waals surface area contributed by atoms with E-state index in [1.807, 2.05) is 20.8 Å². The molecule has 0 unspecified atom stereocenters. The third-order valence-corrected chi connectivity index (χ3v) is 2.91. The van der Waals surface area contributed by atoms with Gasteiger partial charge < -0.3 is 20.7 Å². The van der Waals surface area contributed by atoms with Crippen molar-refractivity contribution in [2.45, 2.75) is 39.3 Å². The minimum absolute atomic E-state index is 0. The molecule has 0 spiro atoms. The number of hydrogen-bond acceptors (Lipinski definition) is 3. The quantitative estimate of drug-likeness (QED) is 0.261. The normalized spacial score (nSPS) is 11.3. The summed E-state index contributed by atoms with van der Waals surface area (Å²) in [7, 11) is 1.68. The van der Waals surface area contributed by atoms with Crippen molar-refractivity contribution in [1.82, 2.24) is 16.0 Å². The summed E-state index contributed by atoms with van der Waals surface area (Å²) < 4.78 is 18.0. The number of ether oxygens (including phenoxy) is 1. The van der Waals surface area contributed by atoms with Crippen LogP contribution in [0, 0.1) is 5.82 Å². The monoisotopic (exact) mass is 466 g/mol. The zero-order valence-corrected chi connectivity index (χ0v) is 17.5. The molecule has 1 aromatic rings. The van der Waals surface area contributed by atoms with E-state index >= 15 is 0 Å². The molecule has 0 fully saturated rings. The number of rotatable bonds is 6. The van der Waals surface area contributed by atoms with Crippen LogP contribution in [0.5, 0.6) is 0 Å². The number of carbonyl (C=O) groups excluding carboxylic acids is 1. The Bertz CT molecular complexity index is 545. The minimum atomic E-state index is -0.491. The molecule has 1 amide bonds. The molecule has 0 saturated heterocycles. The van der Waals surface area contributed by atoms with Gasteiger partial charge in [0, 0.05) is 26.7 Å². The predicted molar refractivity (Wildman–Crippen MR) is 109 cm³/mol. The molecular formula is C17H28FIN4O2. The van der Waals surface area contributed by atoms with Crippen LogP contribution in [0.4, 0.5) is 9.18 Å². The molecule has 8 heteroatoms. The summed E-state index contributed by atoms with van der Waals surface area (Å²) in [5.41, 5.74) is 0.472. The van der Waals surface area contributed by atoms with E-state index in [9.17, 15) is 9.18 Å². The van der Waals surface area contributed by atoms with Crippen LogP contribution < -0.4 is 16.0 Å². The van der Waals surface area contributed by atoms with Crippen LogP contribution in [-0.4, -0.2) is 37.8 Å². The number of benzene rings is 1. The minimum Gasteiger partial charge on any atom is -0.444 e. The second kappa shape index (κ2) is 11.9. The van der Waals surface area contributed by atoms with Gasteiger partial charge in [-0.25, -0.2) is 9.18 Å². The lowest BCUT2D eigenvalue weighted by Gasteiger charge is -2.19. The van der Waals surface area contributed by atoms with Crippen molar-refractivity contribution < 1.29 is 13.9 Å². The molecule has 0 aromatic heterocycles. The number of nitrogens with one attached hydrogen (secondary N) is 3. The van der Waals surface area contributed by atoms with Gasteiger partial charge in [0.2, 0.25) is 0 Å². The molecule has 1 aromatic carbocycles. The molecule has 3 N–H and O–H groups in total.